The van der Waals surface area contributed by atoms with Crippen molar-refractivity contribution in [3.8, 4) is 17.2 Å². The van der Waals surface area contributed by atoms with Gasteiger partial charge in [-0.3, -0.25) is 4.79 Å². The van der Waals surface area contributed by atoms with Crippen molar-refractivity contribution in [2.75, 3.05) is 19.0 Å². The Kier molecular flexibility index (Phi) is 5.34. The van der Waals surface area contributed by atoms with Gasteiger partial charge in [-0.15, -0.1) is 5.10 Å². The van der Waals surface area contributed by atoms with Crippen LogP contribution in [0.5, 0.6) is 11.5 Å². The smallest absolute Gasteiger partial charge is 0.348 e. The van der Waals surface area contributed by atoms with Gasteiger partial charge < -0.3 is 9.47 Å². The molecule has 2 heterocycles. The lowest BCUT2D eigenvalue weighted by Crippen LogP contribution is -2.18. The molecule has 0 bridgehead atoms. The molecular weight excluding hydrogens is 425 g/mol. The van der Waals surface area contributed by atoms with Gasteiger partial charge in [0, 0.05) is 11.6 Å². The molecule has 0 amide bonds. The summed E-state index contributed by atoms with van der Waals surface area (Å²) in [5.41, 5.74) is 0.583. The third-order valence-electron chi connectivity index (χ3n) is 4.00. The minimum atomic E-state index is -0.416. The molecule has 0 spiro atoms. The number of benzene rings is 2. The first-order valence-electron chi connectivity index (χ1n) is 8.21. The van der Waals surface area contributed by atoms with Crippen LogP contribution in [0.25, 0.3) is 5.69 Å². The molecular formula is C18H13Cl2N3O4S. The van der Waals surface area contributed by atoms with Crippen molar-refractivity contribution >= 4 is 40.7 Å². The number of fused-ring (bicyclic) bond motifs is 1. The molecule has 2 aromatic carbocycles. The number of aromatic amines is 1. The van der Waals surface area contributed by atoms with Gasteiger partial charge in [0.25, 0.3) is 0 Å². The largest absolute Gasteiger partial charge is 0.486 e. The van der Waals surface area contributed by atoms with Crippen molar-refractivity contribution in [2.45, 2.75) is 5.16 Å². The molecule has 1 aliphatic rings. The van der Waals surface area contributed by atoms with E-state index < -0.39 is 5.69 Å². The molecule has 3 aromatic rings. The number of carbonyl (C=O) groups is 1. The third kappa shape index (κ3) is 3.76. The van der Waals surface area contributed by atoms with Gasteiger partial charge in [0.2, 0.25) is 0 Å². The number of halogens is 2. The van der Waals surface area contributed by atoms with Crippen LogP contribution in [0.15, 0.2) is 46.3 Å². The molecule has 28 heavy (non-hydrogen) atoms. The van der Waals surface area contributed by atoms with Gasteiger partial charge in [0.05, 0.1) is 21.5 Å². The van der Waals surface area contributed by atoms with Gasteiger partial charge in [-0.25, -0.2) is 14.5 Å². The van der Waals surface area contributed by atoms with E-state index in [0.29, 0.717) is 51.2 Å². The molecule has 10 heteroatoms. The highest BCUT2D eigenvalue weighted by Crippen LogP contribution is 2.32. The highest BCUT2D eigenvalue weighted by Gasteiger charge is 2.18. The van der Waals surface area contributed by atoms with Crippen LogP contribution >= 0.6 is 35.0 Å². The molecule has 0 fully saturated rings. The topological polar surface area (TPSA) is 86.2 Å². The van der Waals surface area contributed by atoms with Crippen LogP contribution in [0.2, 0.25) is 10.0 Å². The summed E-state index contributed by atoms with van der Waals surface area (Å²) < 4.78 is 12.4. The maximum atomic E-state index is 12.4. The lowest BCUT2D eigenvalue weighted by Gasteiger charge is -2.19. The maximum Gasteiger partial charge on any atom is 0.348 e. The first-order chi connectivity index (χ1) is 13.5. The molecule has 7 nitrogen and oxygen atoms in total. The fraction of sp³-hybridized carbons (Fsp3) is 0.167. The normalized spacial score (nSPS) is 12.8. The average molecular weight is 438 g/mol. The van der Waals surface area contributed by atoms with Crippen molar-refractivity contribution < 1.29 is 14.3 Å². The number of H-pyrrole nitrogens is 1. The summed E-state index contributed by atoms with van der Waals surface area (Å²) in [6.07, 6.45) is 0. The highest BCUT2D eigenvalue weighted by molar-refractivity contribution is 7.99. The number of ether oxygens (including phenoxy) is 2. The van der Waals surface area contributed by atoms with E-state index in [2.05, 4.69) is 10.2 Å². The van der Waals surface area contributed by atoms with Gasteiger partial charge in [-0.2, -0.15) is 0 Å². The van der Waals surface area contributed by atoms with Crippen molar-refractivity contribution in [3.63, 3.8) is 0 Å². The number of carbonyl (C=O) groups excluding carboxylic acids is 1. The van der Waals surface area contributed by atoms with E-state index in [4.69, 9.17) is 32.7 Å². The summed E-state index contributed by atoms with van der Waals surface area (Å²) in [7, 11) is 0. The zero-order chi connectivity index (χ0) is 19.7. The second kappa shape index (κ2) is 7.90. The van der Waals surface area contributed by atoms with Crippen LogP contribution < -0.4 is 15.2 Å². The predicted octanol–water partition coefficient (Wildman–Crippen LogP) is 3.61. The Morgan fingerprint density at radius 1 is 1.11 bits per heavy atom. The van der Waals surface area contributed by atoms with Gasteiger partial charge in [0.1, 0.15) is 13.2 Å². The fourth-order valence-electron chi connectivity index (χ4n) is 2.66. The van der Waals surface area contributed by atoms with Gasteiger partial charge in [-0.1, -0.05) is 35.0 Å². The highest BCUT2D eigenvalue weighted by atomic mass is 35.5. The summed E-state index contributed by atoms with van der Waals surface area (Å²) in [4.78, 5) is 24.7. The van der Waals surface area contributed by atoms with E-state index in [1.165, 1.54) is 10.6 Å². The predicted molar refractivity (Wildman–Crippen MR) is 107 cm³/mol. The van der Waals surface area contributed by atoms with Crippen LogP contribution in [0.3, 0.4) is 0 Å². The molecule has 144 valence electrons. The summed E-state index contributed by atoms with van der Waals surface area (Å²) in [6.45, 7) is 0.923. The molecule has 0 aliphatic carbocycles. The van der Waals surface area contributed by atoms with Crippen LogP contribution in [0.1, 0.15) is 10.4 Å². The Morgan fingerprint density at radius 3 is 2.68 bits per heavy atom. The number of nitrogens with one attached hydrogen (secondary N) is 1. The summed E-state index contributed by atoms with van der Waals surface area (Å²) in [5.74, 6) is 1.09. The Hall–Kier alpha value is -2.42. The van der Waals surface area contributed by atoms with Crippen LogP contribution in [-0.2, 0) is 0 Å². The van der Waals surface area contributed by atoms with Crippen molar-refractivity contribution in [1.29, 1.82) is 0 Å². The Labute approximate surface area is 173 Å². The lowest BCUT2D eigenvalue weighted by molar-refractivity contribution is 0.102. The standard InChI is InChI=1S/C18H13Cl2N3O4S/c19-12-3-1-10(7-13(12)20)14(24)9-28-18-22-21-17(25)23(18)11-2-4-15-16(8-11)27-6-5-26-15/h1-4,7-8H,5-6,9H2,(H,21,25). The number of rotatable bonds is 5. The second-order valence-electron chi connectivity index (χ2n) is 5.82. The Morgan fingerprint density at radius 2 is 1.89 bits per heavy atom. The molecule has 1 N–H and O–H groups in total. The van der Waals surface area contributed by atoms with Gasteiger partial charge in [-0.05, 0) is 30.3 Å². The summed E-state index contributed by atoms with van der Waals surface area (Å²) >= 11 is 13.0. The summed E-state index contributed by atoms with van der Waals surface area (Å²) in [5, 5.41) is 7.48. The van der Waals surface area contributed by atoms with Crippen LogP contribution in [0, 0.1) is 0 Å². The quantitative estimate of drug-likeness (QED) is 0.484. The Bertz CT molecular complexity index is 1110. The van der Waals surface area contributed by atoms with E-state index in [0.717, 1.165) is 11.8 Å². The van der Waals surface area contributed by atoms with Crippen molar-refractivity contribution in [3.05, 3.63) is 62.5 Å². The number of hydrogen-bond acceptors (Lipinski definition) is 6. The fourth-order valence-corrected chi connectivity index (χ4v) is 3.81. The van der Waals surface area contributed by atoms with Crippen molar-refractivity contribution in [2.24, 2.45) is 0 Å². The van der Waals surface area contributed by atoms with Gasteiger partial charge >= 0.3 is 5.69 Å². The zero-order valence-corrected chi connectivity index (χ0v) is 16.6. The molecule has 1 aromatic heterocycles. The zero-order valence-electron chi connectivity index (χ0n) is 14.3. The molecule has 0 saturated heterocycles. The number of aromatic nitrogens is 3. The van der Waals surface area contributed by atoms with E-state index >= 15 is 0 Å². The van der Waals surface area contributed by atoms with Crippen molar-refractivity contribution in [1.82, 2.24) is 14.8 Å². The number of hydrogen-bond donors (Lipinski definition) is 1. The van der Waals surface area contributed by atoms with E-state index in [1.807, 2.05) is 0 Å². The minimum Gasteiger partial charge on any atom is -0.486 e. The van der Waals surface area contributed by atoms with E-state index in [-0.39, 0.29) is 11.5 Å². The monoisotopic (exact) mass is 437 g/mol. The number of nitrogens with zero attached hydrogens (tertiary/aromatic N) is 2. The van der Waals surface area contributed by atoms with E-state index in [1.54, 1.807) is 30.3 Å². The molecule has 4 rings (SSSR count). The second-order valence-corrected chi connectivity index (χ2v) is 7.57. The maximum absolute atomic E-state index is 12.4. The third-order valence-corrected chi connectivity index (χ3v) is 5.68. The number of thioether (sulfide) groups is 1. The average Bonchev–Trinajstić information content (AvgIpc) is 3.08. The molecule has 0 saturated carbocycles. The van der Waals surface area contributed by atoms with Crippen LogP contribution in [0.4, 0.5) is 0 Å². The van der Waals surface area contributed by atoms with E-state index in [9.17, 15) is 9.59 Å². The Balaban J connectivity index is 1.56. The first kappa shape index (κ1) is 18.9. The first-order valence-corrected chi connectivity index (χ1v) is 9.95. The number of ketones is 1. The number of Topliss-reactive ketones (excluding diaryl/α,β-unsaturated/α-hetero) is 1. The van der Waals surface area contributed by atoms with Gasteiger partial charge in [0.15, 0.2) is 22.4 Å². The lowest BCUT2D eigenvalue weighted by atomic mass is 10.1. The minimum absolute atomic E-state index is 0.0762. The molecule has 0 unspecified atom stereocenters. The van der Waals surface area contributed by atoms with Crippen LogP contribution in [-0.4, -0.2) is 39.5 Å². The summed E-state index contributed by atoms with van der Waals surface area (Å²) in [6, 6.07) is 9.87. The SMILES string of the molecule is O=C(CSc1n[nH]c(=O)n1-c1ccc2c(c1)OCCO2)c1ccc(Cl)c(Cl)c1. The molecule has 0 atom stereocenters. The molecule has 0 radical (unpaired) electrons. The molecule has 1 aliphatic heterocycles.